The normalized spacial score (nSPS) is 11.1. The van der Waals surface area contributed by atoms with Crippen molar-refractivity contribution < 1.29 is 14.6 Å². The zero-order valence-electron chi connectivity index (χ0n) is 8.03. The summed E-state index contributed by atoms with van der Waals surface area (Å²) in [6.07, 6.45) is -1.09. The summed E-state index contributed by atoms with van der Waals surface area (Å²) in [4.78, 5) is 10.7. The van der Waals surface area contributed by atoms with E-state index in [4.69, 9.17) is 11.6 Å². The Morgan fingerprint density at radius 2 is 2.20 bits per heavy atom. The van der Waals surface area contributed by atoms with Gasteiger partial charge in [-0.25, -0.2) is 4.79 Å². The first-order valence-electron chi connectivity index (χ1n) is 4.17. The molecule has 0 aliphatic rings. The largest absolute Gasteiger partial charge is 0.459 e. The van der Waals surface area contributed by atoms with Crippen molar-refractivity contribution in [3.05, 3.63) is 34.9 Å². The molecule has 0 aliphatic carbocycles. The average molecular weight is 225 g/mol. The van der Waals surface area contributed by atoms with Gasteiger partial charge in [0.15, 0.2) is 0 Å². The molecule has 0 bridgehead atoms. The number of halogens is 1. The quantitative estimate of drug-likeness (QED) is 0.447. The van der Waals surface area contributed by atoms with Crippen LogP contribution in [0.5, 0.6) is 0 Å². The van der Waals surface area contributed by atoms with E-state index >= 15 is 0 Å². The minimum absolute atomic E-state index is 0.407. The van der Waals surface area contributed by atoms with Gasteiger partial charge in [0.05, 0.1) is 7.11 Å². The first kappa shape index (κ1) is 11.6. The van der Waals surface area contributed by atoms with Crippen LogP contribution in [0.2, 0.25) is 5.02 Å². The predicted octanol–water partition coefficient (Wildman–Crippen LogP) is 1.55. The molecule has 0 heterocycles. The van der Waals surface area contributed by atoms with Gasteiger partial charge in [-0.05, 0) is 6.07 Å². The molecule has 15 heavy (non-hydrogen) atoms. The van der Waals surface area contributed by atoms with Gasteiger partial charge in [-0.15, -0.1) is 0 Å². The highest BCUT2D eigenvalue weighted by molar-refractivity contribution is 6.31. The average Bonchev–Trinajstić information content (AvgIpc) is 2.26. The Morgan fingerprint density at radius 3 is 2.80 bits per heavy atom. The smallest absolute Gasteiger partial charge is 0.384 e. The van der Waals surface area contributed by atoms with Crippen LogP contribution in [0.3, 0.4) is 0 Å². The Balaban J connectivity index is 2.85. The van der Waals surface area contributed by atoms with Crippen molar-refractivity contribution >= 4 is 17.6 Å². The van der Waals surface area contributed by atoms with Gasteiger partial charge in [-0.1, -0.05) is 35.7 Å². The second kappa shape index (κ2) is 5.40. The standard InChI is InChI=1S/C11H9ClO3/c1-15-11(14)7-6-10(13)8-4-2-3-5-9(8)12/h2-5,10,13H,1H3/t10-/m0/s1. The summed E-state index contributed by atoms with van der Waals surface area (Å²) in [6, 6.07) is 6.75. The van der Waals surface area contributed by atoms with Crippen LogP contribution < -0.4 is 0 Å². The van der Waals surface area contributed by atoms with Crippen molar-refractivity contribution in [3.63, 3.8) is 0 Å². The fourth-order valence-corrected chi connectivity index (χ4v) is 1.19. The minimum Gasteiger partial charge on any atom is -0.459 e. The monoisotopic (exact) mass is 224 g/mol. The fraction of sp³-hybridized carbons (Fsp3) is 0.182. The lowest BCUT2D eigenvalue weighted by Gasteiger charge is -2.04. The van der Waals surface area contributed by atoms with Crippen molar-refractivity contribution in [2.24, 2.45) is 0 Å². The van der Waals surface area contributed by atoms with Gasteiger partial charge < -0.3 is 9.84 Å². The molecular formula is C11H9ClO3. The van der Waals surface area contributed by atoms with Crippen LogP contribution in [-0.4, -0.2) is 18.2 Å². The number of hydrogen-bond donors (Lipinski definition) is 1. The summed E-state index contributed by atoms with van der Waals surface area (Å²) in [5.41, 5.74) is 0.468. The molecule has 0 unspecified atom stereocenters. The number of ether oxygens (including phenoxy) is 1. The molecule has 3 nitrogen and oxygen atoms in total. The van der Waals surface area contributed by atoms with Gasteiger partial charge in [-0.2, -0.15) is 0 Å². The van der Waals surface area contributed by atoms with E-state index in [1.54, 1.807) is 24.3 Å². The Morgan fingerprint density at radius 1 is 1.53 bits per heavy atom. The van der Waals surface area contributed by atoms with Crippen LogP contribution in [0.1, 0.15) is 11.7 Å². The first-order valence-corrected chi connectivity index (χ1v) is 4.55. The number of aliphatic hydroxyl groups is 1. The molecule has 0 saturated heterocycles. The molecule has 0 fully saturated rings. The van der Waals surface area contributed by atoms with E-state index in [0.717, 1.165) is 0 Å². The number of methoxy groups -OCH3 is 1. The van der Waals surface area contributed by atoms with Gasteiger partial charge in [0.1, 0.15) is 6.10 Å². The topological polar surface area (TPSA) is 46.5 Å². The Labute approximate surface area is 92.6 Å². The van der Waals surface area contributed by atoms with Crippen LogP contribution in [0.15, 0.2) is 24.3 Å². The lowest BCUT2D eigenvalue weighted by Crippen LogP contribution is -1.98. The van der Waals surface area contributed by atoms with Gasteiger partial charge >= 0.3 is 5.97 Å². The molecule has 0 spiro atoms. The summed E-state index contributed by atoms with van der Waals surface area (Å²) in [7, 11) is 1.22. The molecule has 4 heteroatoms. The third-order valence-corrected chi connectivity index (χ3v) is 2.04. The van der Waals surface area contributed by atoms with E-state index in [9.17, 15) is 9.90 Å². The summed E-state index contributed by atoms with van der Waals surface area (Å²) in [5.74, 6) is 3.78. The Kier molecular flexibility index (Phi) is 4.17. The van der Waals surface area contributed by atoms with Crippen molar-refractivity contribution in [1.82, 2.24) is 0 Å². The van der Waals surface area contributed by atoms with E-state index in [2.05, 4.69) is 16.6 Å². The van der Waals surface area contributed by atoms with E-state index in [-0.39, 0.29) is 0 Å². The predicted molar refractivity (Wildman–Crippen MR) is 56.2 cm³/mol. The van der Waals surface area contributed by atoms with Crippen LogP contribution in [0.25, 0.3) is 0 Å². The maximum absolute atomic E-state index is 10.7. The van der Waals surface area contributed by atoms with Crippen molar-refractivity contribution in [1.29, 1.82) is 0 Å². The molecule has 1 atom stereocenters. The Hall–Kier alpha value is -1.50. The SMILES string of the molecule is COC(=O)C#C[C@H](O)c1ccccc1Cl. The molecule has 0 aliphatic heterocycles. The third kappa shape index (κ3) is 3.28. The molecule has 0 aromatic heterocycles. The van der Waals surface area contributed by atoms with Gasteiger partial charge in [0.25, 0.3) is 0 Å². The highest BCUT2D eigenvalue weighted by atomic mass is 35.5. The number of carbonyl (C=O) groups is 1. The van der Waals surface area contributed by atoms with Crippen molar-refractivity contribution in [2.75, 3.05) is 7.11 Å². The second-order valence-electron chi connectivity index (χ2n) is 2.68. The first-order chi connectivity index (χ1) is 7.15. The lowest BCUT2D eigenvalue weighted by atomic mass is 10.1. The third-order valence-electron chi connectivity index (χ3n) is 1.70. The molecule has 0 saturated carbocycles. The number of carbonyl (C=O) groups excluding carboxylic acids is 1. The summed E-state index contributed by atoms with van der Waals surface area (Å²) in [5, 5.41) is 9.99. The summed E-state index contributed by atoms with van der Waals surface area (Å²) in [6.45, 7) is 0. The molecule has 1 aromatic rings. The molecule has 78 valence electrons. The molecule has 0 amide bonds. The maximum Gasteiger partial charge on any atom is 0.384 e. The fourth-order valence-electron chi connectivity index (χ4n) is 0.953. The van der Waals surface area contributed by atoms with E-state index < -0.39 is 12.1 Å². The van der Waals surface area contributed by atoms with Crippen LogP contribution in [0.4, 0.5) is 0 Å². The van der Waals surface area contributed by atoms with Crippen LogP contribution in [0, 0.1) is 11.8 Å². The molecule has 1 N–H and O–H groups in total. The molecule has 1 rings (SSSR count). The van der Waals surface area contributed by atoms with E-state index in [1.165, 1.54) is 7.11 Å². The minimum atomic E-state index is -1.09. The lowest BCUT2D eigenvalue weighted by molar-refractivity contribution is -0.133. The molecule has 0 radical (unpaired) electrons. The van der Waals surface area contributed by atoms with Crippen molar-refractivity contribution in [2.45, 2.75) is 6.10 Å². The van der Waals surface area contributed by atoms with Gasteiger partial charge in [0, 0.05) is 16.5 Å². The number of rotatable bonds is 1. The molecular weight excluding hydrogens is 216 g/mol. The number of esters is 1. The van der Waals surface area contributed by atoms with Gasteiger partial charge in [0.2, 0.25) is 0 Å². The highest BCUT2D eigenvalue weighted by Crippen LogP contribution is 2.21. The number of aliphatic hydroxyl groups excluding tert-OH is 1. The van der Waals surface area contributed by atoms with E-state index in [1.807, 2.05) is 0 Å². The number of benzene rings is 1. The van der Waals surface area contributed by atoms with Gasteiger partial charge in [-0.3, -0.25) is 0 Å². The zero-order valence-corrected chi connectivity index (χ0v) is 8.78. The zero-order chi connectivity index (χ0) is 11.3. The summed E-state index contributed by atoms with van der Waals surface area (Å²) >= 11 is 5.82. The Bertz CT molecular complexity index is 417. The van der Waals surface area contributed by atoms with Crippen molar-refractivity contribution in [3.8, 4) is 11.8 Å². The van der Waals surface area contributed by atoms with Crippen LogP contribution in [-0.2, 0) is 9.53 Å². The maximum atomic E-state index is 10.7. The summed E-state index contributed by atoms with van der Waals surface area (Å²) < 4.78 is 4.31. The molecule has 1 aromatic carbocycles. The van der Waals surface area contributed by atoms with E-state index in [0.29, 0.717) is 10.6 Å². The van der Waals surface area contributed by atoms with Crippen LogP contribution >= 0.6 is 11.6 Å². The number of hydrogen-bond acceptors (Lipinski definition) is 3. The highest BCUT2D eigenvalue weighted by Gasteiger charge is 2.07. The second-order valence-corrected chi connectivity index (χ2v) is 3.09.